The number of carbonyl (C=O) groups is 2. The Labute approximate surface area is 152 Å². The van der Waals surface area contributed by atoms with Crippen LogP contribution < -0.4 is 10.2 Å². The van der Waals surface area contributed by atoms with E-state index in [1.54, 1.807) is 0 Å². The first kappa shape index (κ1) is 17.7. The summed E-state index contributed by atoms with van der Waals surface area (Å²) in [5.41, 5.74) is 4.21. The van der Waals surface area contributed by atoms with Crippen molar-refractivity contribution in [2.75, 3.05) is 23.3 Å². The SMILES string of the molecule is CC(=O)Nc1cnc(N2CC=C(c3ccccc3C)CC2)c(C(=O)O)c1. The molecule has 1 aromatic heterocycles. The Hall–Kier alpha value is -3.15. The molecule has 2 heterocycles. The maximum atomic E-state index is 11.6. The molecule has 2 N–H and O–H groups in total. The zero-order valence-corrected chi connectivity index (χ0v) is 14.8. The third-order valence-corrected chi connectivity index (χ3v) is 4.42. The van der Waals surface area contributed by atoms with Crippen molar-refractivity contribution in [1.82, 2.24) is 4.98 Å². The van der Waals surface area contributed by atoms with Crippen molar-refractivity contribution in [2.24, 2.45) is 0 Å². The standard InChI is InChI=1S/C20H21N3O3/c1-13-5-3-4-6-17(13)15-7-9-23(10-8-15)19-18(20(25)26)11-16(12-21-19)22-14(2)24/h3-7,11-12H,8-10H2,1-2H3,(H,22,24)(H,25,26). The van der Waals surface area contributed by atoms with Gasteiger partial charge in [-0.2, -0.15) is 0 Å². The highest BCUT2D eigenvalue weighted by atomic mass is 16.4. The Kier molecular flexibility index (Phi) is 5.02. The summed E-state index contributed by atoms with van der Waals surface area (Å²) in [5, 5.41) is 12.1. The van der Waals surface area contributed by atoms with E-state index in [-0.39, 0.29) is 11.5 Å². The van der Waals surface area contributed by atoms with Gasteiger partial charge in [0.15, 0.2) is 0 Å². The van der Waals surface area contributed by atoms with Crippen molar-refractivity contribution in [1.29, 1.82) is 0 Å². The second-order valence-electron chi connectivity index (χ2n) is 6.32. The highest BCUT2D eigenvalue weighted by molar-refractivity contribution is 5.96. The van der Waals surface area contributed by atoms with Gasteiger partial charge in [0.05, 0.1) is 11.9 Å². The number of aromatic carboxylic acids is 1. The molecule has 134 valence electrons. The number of hydrogen-bond donors (Lipinski definition) is 2. The first-order valence-electron chi connectivity index (χ1n) is 8.46. The average molecular weight is 351 g/mol. The van der Waals surface area contributed by atoms with E-state index >= 15 is 0 Å². The second-order valence-corrected chi connectivity index (χ2v) is 6.32. The van der Waals surface area contributed by atoms with E-state index in [1.165, 1.54) is 35.9 Å². The van der Waals surface area contributed by atoms with Crippen LogP contribution in [0.4, 0.5) is 11.5 Å². The third kappa shape index (κ3) is 3.74. The van der Waals surface area contributed by atoms with Crippen LogP contribution in [0, 0.1) is 6.92 Å². The van der Waals surface area contributed by atoms with Gasteiger partial charge in [-0.15, -0.1) is 0 Å². The number of nitrogens with one attached hydrogen (secondary N) is 1. The van der Waals surface area contributed by atoms with Crippen molar-refractivity contribution in [2.45, 2.75) is 20.3 Å². The fraction of sp³-hybridized carbons (Fsp3) is 0.250. The molecule has 1 aliphatic rings. The Morgan fingerprint density at radius 2 is 2.04 bits per heavy atom. The molecule has 2 aromatic rings. The molecule has 3 rings (SSSR count). The molecule has 1 aliphatic heterocycles. The van der Waals surface area contributed by atoms with Crippen LogP contribution in [0.25, 0.3) is 5.57 Å². The molecule has 0 radical (unpaired) electrons. The number of benzene rings is 1. The topological polar surface area (TPSA) is 82.5 Å². The van der Waals surface area contributed by atoms with Crippen LogP contribution in [-0.2, 0) is 4.79 Å². The van der Waals surface area contributed by atoms with E-state index in [0.29, 0.717) is 24.6 Å². The van der Waals surface area contributed by atoms with Crippen LogP contribution in [0.15, 0.2) is 42.6 Å². The third-order valence-electron chi connectivity index (χ3n) is 4.42. The molecule has 0 saturated heterocycles. The van der Waals surface area contributed by atoms with Crippen molar-refractivity contribution in [3.63, 3.8) is 0 Å². The molecule has 0 unspecified atom stereocenters. The Balaban J connectivity index is 1.86. The lowest BCUT2D eigenvalue weighted by Crippen LogP contribution is -2.30. The van der Waals surface area contributed by atoms with Gasteiger partial charge in [0, 0.05) is 20.0 Å². The molecule has 6 nitrogen and oxygen atoms in total. The molecule has 1 amide bonds. The lowest BCUT2D eigenvalue weighted by Gasteiger charge is -2.29. The molecule has 6 heteroatoms. The Morgan fingerprint density at radius 3 is 2.65 bits per heavy atom. The Morgan fingerprint density at radius 1 is 1.27 bits per heavy atom. The quantitative estimate of drug-likeness (QED) is 0.883. The summed E-state index contributed by atoms with van der Waals surface area (Å²) in [5.74, 6) is -0.903. The van der Waals surface area contributed by atoms with E-state index in [1.807, 2.05) is 17.0 Å². The van der Waals surface area contributed by atoms with Gasteiger partial charge in [0.25, 0.3) is 0 Å². The summed E-state index contributed by atoms with van der Waals surface area (Å²) in [6.07, 6.45) is 4.43. The number of amides is 1. The maximum Gasteiger partial charge on any atom is 0.339 e. The monoisotopic (exact) mass is 351 g/mol. The highest BCUT2D eigenvalue weighted by Crippen LogP contribution is 2.29. The first-order chi connectivity index (χ1) is 12.5. The first-order valence-corrected chi connectivity index (χ1v) is 8.46. The number of anilines is 2. The predicted octanol–water partition coefficient (Wildman–Crippen LogP) is 3.34. The zero-order chi connectivity index (χ0) is 18.7. The predicted molar refractivity (Wildman–Crippen MR) is 101 cm³/mol. The Bertz CT molecular complexity index is 890. The van der Waals surface area contributed by atoms with Gasteiger partial charge in [-0.25, -0.2) is 9.78 Å². The van der Waals surface area contributed by atoms with Gasteiger partial charge < -0.3 is 15.3 Å². The van der Waals surface area contributed by atoms with E-state index < -0.39 is 5.97 Å². The number of carboxylic acid groups (broad SMARTS) is 1. The fourth-order valence-corrected chi connectivity index (χ4v) is 3.18. The lowest BCUT2D eigenvalue weighted by atomic mass is 9.95. The molecule has 1 aromatic carbocycles. The minimum absolute atomic E-state index is 0.0870. The molecule has 0 saturated carbocycles. The summed E-state index contributed by atoms with van der Waals surface area (Å²) in [6.45, 7) is 4.74. The number of nitrogens with zero attached hydrogens (tertiary/aromatic N) is 2. The lowest BCUT2D eigenvalue weighted by molar-refractivity contribution is -0.114. The van der Waals surface area contributed by atoms with E-state index in [2.05, 4.69) is 35.4 Å². The van der Waals surface area contributed by atoms with E-state index in [0.717, 1.165) is 6.42 Å². The number of carboxylic acids is 1. The number of carbonyl (C=O) groups excluding carboxylic acids is 1. The second kappa shape index (κ2) is 7.39. The number of hydrogen-bond acceptors (Lipinski definition) is 4. The number of aromatic nitrogens is 1. The molecular weight excluding hydrogens is 330 g/mol. The van der Waals surface area contributed by atoms with Gasteiger partial charge in [0.1, 0.15) is 11.4 Å². The largest absolute Gasteiger partial charge is 0.478 e. The van der Waals surface area contributed by atoms with Crippen LogP contribution in [-0.4, -0.2) is 35.1 Å². The molecule has 0 fully saturated rings. The van der Waals surface area contributed by atoms with Crippen LogP contribution in [0.1, 0.15) is 34.8 Å². The van der Waals surface area contributed by atoms with Gasteiger partial charge in [-0.3, -0.25) is 4.79 Å². The van der Waals surface area contributed by atoms with Crippen molar-refractivity contribution >= 4 is 29.0 Å². The summed E-state index contributed by atoms with van der Waals surface area (Å²) in [7, 11) is 0. The van der Waals surface area contributed by atoms with Crippen molar-refractivity contribution in [3.05, 3.63) is 59.3 Å². The van der Waals surface area contributed by atoms with E-state index in [9.17, 15) is 14.7 Å². The van der Waals surface area contributed by atoms with Crippen LogP contribution in [0.2, 0.25) is 0 Å². The van der Waals surface area contributed by atoms with Gasteiger partial charge in [-0.05, 0) is 36.1 Å². The minimum Gasteiger partial charge on any atom is -0.478 e. The number of pyridine rings is 1. The van der Waals surface area contributed by atoms with E-state index in [4.69, 9.17) is 0 Å². The molecular formula is C20H21N3O3. The fourth-order valence-electron chi connectivity index (χ4n) is 3.18. The summed E-state index contributed by atoms with van der Waals surface area (Å²) >= 11 is 0. The molecule has 0 bridgehead atoms. The van der Waals surface area contributed by atoms with Gasteiger partial charge in [-0.1, -0.05) is 30.3 Å². The van der Waals surface area contributed by atoms with Crippen LogP contribution >= 0.6 is 0 Å². The summed E-state index contributed by atoms with van der Waals surface area (Å²) in [4.78, 5) is 29.1. The van der Waals surface area contributed by atoms with Crippen molar-refractivity contribution < 1.29 is 14.7 Å². The highest BCUT2D eigenvalue weighted by Gasteiger charge is 2.21. The molecule has 26 heavy (non-hydrogen) atoms. The van der Waals surface area contributed by atoms with Crippen LogP contribution in [0.3, 0.4) is 0 Å². The van der Waals surface area contributed by atoms with Gasteiger partial charge >= 0.3 is 5.97 Å². The number of rotatable bonds is 4. The minimum atomic E-state index is -1.06. The summed E-state index contributed by atoms with van der Waals surface area (Å²) in [6, 6.07) is 9.70. The van der Waals surface area contributed by atoms with Gasteiger partial charge in [0.2, 0.25) is 5.91 Å². The number of aryl methyl sites for hydroxylation is 1. The smallest absolute Gasteiger partial charge is 0.339 e. The molecule has 0 aliphatic carbocycles. The maximum absolute atomic E-state index is 11.6. The average Bonchev–Trinajstić information content (AvgIpc) is 2.62. The molecule has 0 atom stereocenters. The summed E-state index contributed by atoms with van der Waals surface area (Å²) < 4.78 is 0. The van der Waals surface area contributed by atoms with Crippen LogP contribution in [0.5, 0.6) is 0 Å². The molecule has 0 spiro atoms. The van der Waals surface area contributed by atoms with Crippen molar-refractivity contribution in [3.8, 4) is 0 Å². The zero-order valence-electron chi connectivity index (χ0n) is 14.8. The normalized spacial score (nSPS) is 13.9.